The lowest BCUT2D eigenvalue weighted by Crippen LogP contribution is -2.00. The number of rotatable bonds is 4. The predicted molar refractivity (Wildman–Crippen MR) is 84.6 cm³/mol. The lowest BCUT2D eigenvalue weighted by molar-refractivity contribution is 0.340. The van der Waals surface area contributed by atoms with E-state index in [-0.39, 0.29) is 0 Å². The third-order valence-electron chi connectivity index (χ3n) is 3.06. The molecule has 0 spiro atoms. The summed E-state index contributed by atoms with van der Waals surface area (Å²) in [5.41, 5.74) is 2.40. The summed E-state index contributed by atoms with van der Waals surface area (Å²) in [6.45, 7) is 2.59. The Morgan fingerprint density at radius 2 is 2.00 bits per heavy atom. The van der Waals surface area contributed by atoms with Gasteiger partial charge in [0.05, 0.1) is 17.5 Å². The summed E-state index contributed by atoms with van der Waals surface area (Å²) in [7, 11) is 0. The molecular formula is C15H13Cl2N3O. The quantitative estimate of drug-likeness (QED) is 0.676. The van der Waals surface area contributed by atoms with Crippen molar-refractivity contribution >= 4 is 34.4 Å². The molecule has 3 rings (SSSR count). The highest BCUT2D eigenvalue weighted by molar-refractivity contribution is 6.31. The maximum atomic E-state index is 6.01. The van der Waals surface area contributed by atoms with E-state index in [0.717, 1.165) is 28.4 Å². The number of alkyl halides is 1. The van der Waals surface area contributed by atoms with E-state index in [0.29, 0.717) is 17.5 Å². The summed E-state index contributed by atoms with van der Waals surface area (Å²) in [5, 5.41) is 0.556. The fraction of sp³-hybridized carbons (Fsp3) is 0.200. The third kappa shape index (κ3) is 2.69. The molecule has 0 radical (unpaired) electrons. The second-order valence-electron chi connectivity index (χ2n) is 4.42. The van der Waals surface area contributed by atoms with Crippen LogP contribution in [0.5, 0.6) is 5.75 Å². The van der Waals surface area contributed by atoms with E-state index in [1.807, 2.05) is 35.8 Å². The molecule has 0 saturated carbocycles. The minimum absolute atomic E-state index is 0.293. The maximum Gasteiger partial charge on any atom is 0.164 e. The van der Waals surface area contributed by atoms with Gasteiger partial charge in [0, 0.05) is 11.9 Å². The molecule has 108 valence electrons. The molecule has 2 heterocycles. The summed E-state index contributed by atoms with van der Waals surface area (Å²) in [4.78, 5) is 8.84. The van der Waals surface area contributed by atoms with Gasteiger partial charge in [-0.25, -0.2) is 9.97 Å². The van der Waals surface area contributed by atoms with Crippen molar-refractivity contribution in [1.29, 1.82) is 0 Å². The molecule has 1 aromatic carbocycles. The Bertz CT molecular complexity index is 768. The zero-order valence-corrected chi connectivity index (χ0v) is 12.9. The van der Waals surface area contributed by atoms with Crippen LogP contribution in [-0.4, -0.2) is 21.1 Å². The first-order valence-electron chi connectivity index (χ1n) is 6.55. The fourth-order valence-electron chi connectivity index (χ4n) is 2.21. The molecule has 0 N–H and O–H groups in total. The van der Waals surface area contributed by atoms with E-state index in [4.69, 9.17) is 27.9 Å². The van der Waals surface area contributed by atoms with Crippen LogP contribution in [0, 0.1) is 0 Å². The highest BCUT2D eigenvalue weighted by atomic mass is 35.5. The van der Waals surface area contributed by atoms with Crippen LogP contribution in [0.25, 0.3) is 16.9 Å². The molecule has 0 atom stereocenters. The SMILES string of the molecule is CCOc1ccc(-n2c(CCl)nc3cc(Cl)cnc32)cc1. The first kappa shape index (κ1) is 14.2. The summed E-state index contributed by atoms with van der Waals surface area (Å²) >= 11 is 12.0. The van der Waals surface area contributed by atoms with E-state index in [1.165, 1.54) is 0 Å². The fourth-order valence-corrected chi connectivity index (χ4v) is 2.54. The number of imidazole rings is 1. The van der Waals surface area contributed by atoms with E-state index in [9.17, 15) is 0 Å². The first-order valence-corrected chi connectivity index (χ1v) is 7.46. The van der Waals surface area contributed by atoms with Crippen molar-refractivity contribution in [1.82, 2.24) is 14.5 Å². The number of pyridine rings is 1. The molecular weight excluding hydrogens is 309 g/mol. The van der Waals surface area contributed by atoms with Crippen molar-refractivity contribution in [2.75, 3.05) is 6.61 Å². The molecule has 6 heteroatoms. The number of halogens is 2. The van der Waals surface area contributed by atoms with Crippen LogP contribution in [0.2, 0.25) is 5.02 Å². The number of hydrogen-bond donors (Lipinski definition) is 0. The Morgan fingerprint density at radius 3 is 2.67 bits per heavy atom. The van der Waals surface area contributed by atoms with E-state index in [2.05, 4.69) is 9.97 Å². The lowest BCUT2D eigenvalue weighted by atomic mass is 10.3. The molecule has 0 aliphatic rings. The maximum absolute atomic E-state index is 6.01. The van der Waals surface area contributed by atoms with Crippen molar-refractivity contribution in [3.8, 4) is 11.4 Å². The molecule has 0 aliphatic heterocycles. The zero-order valence-electron chi connectivity index (χ0n) is 11.4. The summed E-state index contributed by atoms with van der Waals surface area (Å²) in [6.07, 6.45) is 1.61. The summed E-state index contributed by atoms with van der Waals surface area (Å²) in [6, 6.07) is 9.53. The Labute approximate surface area is 132 Å². The topological polar surface area (TPSA) is 39.9 Å². The molecule has 21 heavy (non-hydrogen) atoms. The van der Waals surface area contributed by atoms with Gasteiger partial charge >= 0.3 is 0 Å². The van der Waals surface area contributed by atoms with Crippen molar-refractivity contribution in [3.63, 3.8) is 0 Å². The number of fused-ring (bicyclic) bond motifs is 1. The van der Waals surface area contributed by atoms with E-state index < -0.39 is 0 Å². The Balaban J connectivity index is 2.13. The van der Waals surface area contributed by atoms with Gasteiger partial charge in [0.25, 0.3) is 0 Å². The molecule has 0 fully saturated rings. The number of benzene rings is 1. The van der Waals surface area contributed by atoms with Gasteiger partial charge in [-0.2, -0.15) is 0 Å². The highest BCUT2D eigenvalue weighted by Gasteiger charge is 2.13. The van der Waals surface area contributed by atoms with Gasteiger partial charge in [0.15, 0.2) is 5.65 Å². The second kappa shape index (κ2) is 5.92. The summed E-state index contributed by atoms with van der Waals surface area (Å²) in [5.74, 6) is 1.85. The Morgan fingerprint density at radius 1 is 1.24 bits per heavy atom. The molecule has 0 aliphatic carbocycles. The largest absolute Gasteiger partial charge is 0.494 e. The average Bonchev–Trinajstić information content (AvgIpc) is 2.86. The standard InChI is InChI=1S/C15H13Cl2N3O/c1-2-21-12-5-3-11(4-6-12)20-14(8-16)19-13-7-10(17)9-18-15(13)20/h3-7,9H,2,8H2,1H3. The van der Waals surface area contributed by atoms with Crippen LogP contribution < -0.4 is 4.74 Å². The Hall–Kier alpha value is -1.78. The number of hydrogen-bond acceptors (Lipinski definition) is 3. The van der Waals surface area contributed by atoms with E-state index in [1.54, 1.807) is 12.3 Å². The molecule has 0 saturated heterocycles. The lowest BCUT2D eigenvalue weighted by Gasteiger charge is -2.08. The van der Waals surface area contributed by atoms with E-state index >= 15 is 0 Å². The smallest absolute Gasteiger partial charge is 0.164 e. The highest BCUT2D eigenvalue weighted by Crippen LogP contribution is 2.24. The van der Waals surface area contributed by atoms with Gasteiger partial charge in [0.1, 0.15) is 17.1 Å². The van der Waals surface area contributed by atoms with Gasteiger partial charge in [-0.1, -0.05) is 11.6 Å². The number of nitrogens with zero attached hydrogens (tertiary/aromatic N) is 3. The second-order valence-corrected chi connectivity index (χ2v) is 5.12. The Kier molecular flexibility index (Phi) is 3.99. The van der Waals surface area contributed by atoms with Crippen LogP contribution in [0.15, 0.2) is 36.5 Å². The van der Waals surface area contributed by atoms with Crippen LogP contribution in [0.4, 0.5) is 0 Å². The van der Waals surface area contributed by atoms with Crippen molar-refractivity contribution < 1.29 is 4.74 Å². The van der Waals surface area contributed by atoms with Gasteiger partial charge in [-0.05, 0) is 37.3 Å². The van der Waals surface area contributed by atoms with Crippen molar-refractivity contribution in [2.24, 2.45) is 0 Å². The normalized spacial score (nSPS) is 11.0. The predicted octanol–water partition coefficient (Wildman–Crippen LogP) is 4.21. The number of aromatic nitrogens is 3. The van der Waals surface area contributed by atoms with Crippen LogP contribution in [0.1, 0.15) is 12.7 Å². The van der Waals surface area contributed by atoms with Gasteiger partial charge in [-0.15, -0.1) is 11.6 Å². The van der Waals surface area contributed by atoms with Crippen LogP contribution >= 0.6 is 23.2 Å². The van der Waals surface area contributed by atoms with Gasteiger partial charge in [0.2, 0.25) is 0 Å². The molecule has 0 amide bonds. The summed E-state index contributed by atoms with van der Waals surface area (Å²) < 4.78 is 7.38. The minimum Gasteiger partial charge on any atom is -0.494 e. The molecule has 0 unspecified atom stereocenters. The third-order valence-corrected chi connectivity index (χ3v) is 3.50. The number of ether oxygens (including phenoxy) is 1. The van der Waals surface area contributed by atoms with Gasteiger partial charge in [-0.3, -0.25) is 4.57 Å². The monoisotopic (exact) mass is 321 g/mol. The average molecular weight is 322 g/mol. The zero-order chi connectivity index (χ0) is 14.8. The molecule has 2 aromatic heterocycles. The van der Waals surface area contributed by atoms with Gasteiger partial charge < -0.3 is 4.74 Å². The first-order chi connectivity index (χ1) is 10.2. The van der Waals surface area contributed by atoms with Crippen molar-refractivity contribution in [2.45, 2.75) is 12.8 Å². The van der Waals surface area contributed by atoms with Crippen LogP contribution in [0.3, 0.4) is 0 Å². The van der Waals surface area contributed by atoms with Crippen molar-refractivity contribution in [3.05, 3.63) is 47.4 Å². The van der Waals surface area contributed by atoms with Crippen LogP contribution in [-0.2, 0) is 5.88 Å². The molecule has 3 aromatic rings. The molecule has 4 nitrogen and oxygen atoms in total. The molecule has 0 bridgehead atoms. The minimum atomic E-state index is 0.293.